The fourth-order valence-corrected chi connectivity index (χ4v) is 3.42. The molecule has 3 amide bonds. The number of nitrogens with one attached hydrogen (secondary N) is 1. The van der Waals surface area contributed by atoms with Crippen molar-refractivity contribution in [3.8, 4) is 17.2 Å². The van der Waals surface area contributed by atoms with E-state index in [1.807, 2.05) is 84.9 Å². The number of nitriles is 1. The van der Waals surface area contributed by atoms with Crippen LogP contribution in [0.5, 0.6) is 0 Å². The van der Waals surface area contributed by atoms with E-state index in [0.29, 0.717) is 5.69 Å². The third-order valence-corrected chi connectivity index (χ3v) is 4.89. The van der Waals surface area contributed by atoms with Gasteiger partial charge < -0.3 is 11.1 Å². The largest absolute Gasteiger partial charge is 0.353 e. The second-order valence-corrected chi connectivity index (χ2v) is 7.03. The van der Waals surface area contributed by atoms with Gasteiger partial charge >= 0.3 is 6.03 Å². The summed E-state index contributed by atoms with van der Waals surface area (Å²) in [6, 6.07) is 27.0. The van der Waals surface area contributed by atoms with Crippen molar-refractivity contribution in [1.82, 2.24) is 5.32 Å². The summed E-state index contributed by atoms with van der Waals surface area (Å²) in [4.78, 5) is 26.9. The summed E-state index contributed by atoms with van der Waals surface area (Å²) in [6.45, 7) is 0.206. The van der Waals surface area contributed by atoms with Crippen molar-refractivity contribution in [2.45, 2.75) is 18.9 Å². The van der Waals surface area contributed by atoms with Crippen molar-refractivity contribution >= 4 is 17.6 Å². The lowest BCUT2D eigenvalue weighted by molar-refractivity contribution is -0.122. The van der Waals surface area contributed by atoms with E-state index in [-0.39, 0.29) is 25.3 Å². The normalized spacial score (nSPS) is 11.2. The molecule has 0 aliphatic rings. The van der Waals surface area contributed by atoms with Gasteiger partial charge in [0, 0.05) is 18.7 Å². The number of amides is 3. The highest BCUT2D eigenvalue weighted by atomic mass is 16.2. The summed E-state index contributed by atoms with van der Waals surface area (Å²) in [7, 11) is 0. The second kappa shape index (κ2) is 10.6. The maximum atomic E-state index is 13.0. The molecule has 3 N–H and O–H groups in total. The topological polar surface area (TPSA) is 99.2 Å². The van der Waals surface area contributed by atoms with Crippen LogP contribution in [0.4, 0.5) is 10.5 Å². The first-order chi connectivity index (χ1) is 15.1. The minimum Gasteiger partial charge on any atom is -0.353 e. The van der Waals surface area contributed by atoms with Crippen LogP contribution >= 0.6 is 0 Å². The molecule has 0 fully saturated rings. The van der Waals surface area contributed by atoms with Crippen LogP contribution < -0.4 is 16.0 Å². The van der Waals surface area contributed by atoms with E-state index in [0.717, 1.165) is 16.7 Å². The van der Waals surface area contributed by atoms with Crippen LogP contribution in [-0.4, -0.2) is 24.5 Å². The molecule has 0 spiro atoms. The highest BCUT2D eigenvalue weighted by Gasteiger charge is 2.30. The highest BCUT2D eigenvalue weighted by molar-refractivity contribution is 5.99. The first kappa shape index (κ1) is 21.6. The van der Waals surface area contributed by atoms with E-state index in [4.69, 9.17) is 11.0 Å². The number of rotatable bonds is 8. The maximum Gasteiger partial charge on any atom is 0.320 e. The zero-order valence-corrected chi connectivity index (χ0v) is 17.1. The molecule has 156 valence electrons. The molecular formula is C25H24N4O2. The SMILES string of the molecule is N#CCCNC(=O)C(Cc1ccccc1)N(C(N)=O)c1cccc(-c2ccccc2)c1. The summed E-state index contributed by atoms with van der Waals surface area (Å²) in [6.07, 6.45) is 0.474. The molecule has 0 radical (unpaired) electrons. The predicted molar refractivity (Wildman–Crippen MR) is 121 cm³/mol. The van der Waals surface area contributed by atoms with Crippen LogP contribution in [0.1, 0.15) is 12.0 Å². The first-order valence-corrected chi connectivity index (χ1v) is 10.0. The van der Waals surface area contributed by atoms with Crippen molar-refractivity contribution in [3.05, 3.63) is 90.5 Å². The Bertz CT molecular complexity index is 1060. The highest BCUT2D eigenvalue weighted by Crippen LogP contribution is 2.27. The van der Waals surface area contributed by atoms with Crippen molar-refractivity contribution in [3.63, 3.8) is 0 Å². The van der Waals surface area contributed by atoms with Gasteiger partial charge in [0.05, 0.1) is 12.5 Å². The zero-order chi connectivity index (χ0) is 22.1. The summed E-state index contributed by atoms with van der Waals surface area (Å²) < 4.78 is 0. The predicted octanol–water partition coefficient (Wildman–Crippen LogP) is 3.88. The van der Waals surface area contributed by atoms with Crippen molar-refractivity contribution in [2.24, 2.45) is 5.73 Å². The number of benzene rings is 3. The van der Waals surface area contributed by atoms with Crippen molar-refractivity contribution < 1.29 is 9.59 Å². The van der Waals surface area contributed by atoms with Crippen LogP contribution in [-0.2, 0) is 11.2 Å². The minimum absolute atomic E-state index is 0.184. The van der Waals surface area contributed by atoms with Gasteiger partial charge in [-0.3, -0.25) is 9.69 Å². The van der Waals surface area contributed by atoms with Crippen LogP contribution in [0, 0.1) is 11.3 Å². The average Bonchev–Trinajstić information content (AvgIpc) is 2.80. The van der Waals surface area contributed by atoms with Gasteiger partial charge in [0.2, 0.25) is 5.91 Å². The molecule has 1 unspecified atom stereocenters. The number of anilines is 1. The van der Waals surface area contributed by atoms with Gasteiger partial charge in [0.15, 0.2) is 0 Å². The smallest absolute Gasteiger partial charge is 0.320 e. The summed E-state index contributed by atoms with van der Waals surface area (Å²) in [5.41, 5.74) is 9.09. The molecule has 0 saturated heterocycles. The number of nitrogens with zero attached hydrogens (tertiary/aromatic N) is 2. The molecule has 3 rings (SSSR count). The van der Waals surface area contributed by atoms with Crippen LogP contribution in [0.25, 0.3) is 11.1 Å². The molecule has 0 heterocycles. The fourth-order valence-electron chi connectivity index (χ4n) is 3.42. The number of nitrogens with two attached hydrogens (primary N) is 1. The van der Waals surface area contributed by atoms with Crippen molar-refractivity contribution in [1.29, 1.82) is 5.26 Å². The Kier molecular flexibility index (Phi) is 7.39. The van der Waals surface area contributed by atoms with Crippen LogP contribution in [0.15, 0.2) is 84.9 Å². The van der Waals surface area contributed by atoms with E-state index >= 15 is 0 Å². The van der Waals surface area contributed by atoms with E-state index in [1.165, 1.54) is 4.90 Å². The number of carbonyl (C=O) groups is 2. The molecule has 0 bridgehead atoms. The lowest BCUT2D eigenvalue weighted by Crippen LogP contribution is -2.53. The molecule has 3 aromatic rings. The molecule has 0 saturated carbocycles. The first-order valence-electron chi connectivity index (χ1n) is 10.0. The molecule has 6 heteroatoms. The Labute approximate surface area is 181 Å². The Morgan fingerprint density at radius 3 is 2.23 bits per heavy atom. The van der Waals surface area contributed by atoms with Gasteiger partial charge in [-0.1, -0.05) is 72.8 Å². The molecule has 1 atom stereocenters. The Balaban J connectivity index is 1.98. The molecule has 3 aromatic carbocycles. The number of primary amides is 1. The third kappa shape index (κ3) is 5.71. The van der Waals surface area contributed by atoms with E-state index in [1.54, 1.807) is 6.07 Å². The standard InChI is InChI=1S/C25H24N4O2/c26-15-8-16-28-24(30)23(17-19-9-3-1-4-10-19)29(25(27)31)22-14-7-13-21(18-22)20-11-5-2-6-12-20/h1-7,9-14,18,23H,8,16-17H2,(H2,27,31)(H,28,30). The van der Waals surface area contributed by atoms with Gasteiger partial charge in [-0.15, -0.1) is 0 Å². The summed E-state index contributed by atoms with van der Waals surface area (Å²) >= 11 is 0. The third-order valence-electron chi connectivity index (χ3n) is 4.89. The Hall–Kier alpha value is -4.11. The maximum absolute atomic E-state index is 13.0. The lowest BCUT2D eigenvalue weighted by Gasteiger charge is -2.30. The van der Waals surface area contributed by atoms with Gasteiger partial charge in [-0.25, -0.2) is 4.79 Å². The number of urea groups is 1. The minimum atomic E-state index is -0.857. The molecular weight excluding hydrogens is 388 g/mol. The molecule has 0 aromatic heterocycles. The number of hydrogen-bond donors (Lipinski definition) is 2. The average molecular weight is 412 g/mol. The summed E-state index contributed by atoms with van der Waals surface area (Å²) in [5.74, 6) is -0.358. The zero-order valence-electron chi connectivity index (χ0n) is 17.1. The molecule has 0 aliphatic heterocycles. The van der Waals surface area contributed by atoms with Gasteiger partial charge in [-0.2, -0.15) is 5.26 Å². The molecule has 0 aliphatic carbocycles. The van der Waals surface area contributed by atoms with Crippen molar-refractivity contribution in [2.75, 3.05) is 11.4 Å². The number of carbonyl (C=O) groups excluding carboxylic acids is 2. The van der Waals surface area contributed by atoms with Gasteiger partial charge in [0.1, 0.15) is 6.04 Å². The Morgan fingerprint density at radius 2 is 1.58 bits per heavy atom. The van der Waals surface area contributed by atoms with E-state index in [2.05, 4.69) is 5.32 Å². The van der Waals surface area contributed by atoms with Gasteiger partial charge in [-0.05, 0) is 28.8 Å². The number of hydrogen-bond acceptors (Lipinski definition) is 3. The second-order valence-electron chi connectivity index (χ2n) is 7.03. The Morgan fingerprint density at radius 1 is 0.935 bits per heavy atom. The molecule has 31 heavy (non-hydrogen) atoms. The lowest BCUT2D eigenvalue weighted by atomic mass is 10.0. The fraction of sp³-hybridized carbons (Fsp3) is 0.160. The van der Waals surface area contributed by atoms with E-state index < -0.39 is 12.1 Å². The van der Waals surface area contributed by atoms with E-state index in [9.17, 15) is 9.59 Å². The summed E-state index contributed by atoms with van der Waals surface area (Å²) in [5, 5.41) is 11.5. The monoisotopic (exact) mass is 412 g/mol. The quantitative estimate of drug-likeness (QED) is 0.549. The van der Waals surface area contributed by atoms with Gasteiger partial charge in [0.25, 0.3) is 0 Å². The van der Waals surface area contributed by atoms with Crippen LogP contribution in [0.2, 0.25) is 0 Å². The molecule has 6 nitrogen and oxygen atoms in total. The van der Waals surface area contributed by atoms with Crippen LogP contribution in [0.3, 0.4) is 0 Å².